The van der Waals surface area contributed by atoms with Gasteiger partial charge in [-0.25, -0.2) is 0 Å². The second-order valence-electron chi connectivity index (χ2n) is 4.43. The first-order valence-electron chi connectivity index (χ1n) is 6.24. The van der Waals surface area contributed by atoms with Gasteiger partial charge in [-0.1, -0.05) is 12.1 Å². The van der Waals surface area contributed by atoms with Gasteiger partial charge in [0.25, 0.3) is 0 Å². The second kappa shape index (κ2) is 10.8. The van der Waals surface area contributed by atoms with Crippen LogP contribution in [-0.4, -0.2) is 62.7 Å². The van der Waals surface area contributed by atoms with E-state index in [1.54, 1.807) is 24.4 Å². The molecule has 0 amide bonds. The van der Waals surface area contributed by atoms with Crippen molar-refractivity contribution in [1.82, 2.24) is 4.98 Å². The van der Waals surface area contributed by atoms with E-state index in [1.807, 2.05) is 0 Å². The van der Waals surface area contributed by atoms with Crippen molar-refractivity contribution in [3.63, 3.8) is 0 Å². The molecule has 1 aromatic heterocycles. The topological polar surface area (TPSA) is 117 Å². The molecule has 10 heteroatoms. The fraction of sp³-hybridized carbons (Fsp3) is 0.583. The molecule has 1 saturated heterocycles. The maximum absolute atomic E-state index is 9.87. The molecular weight excluding hydrogens is 429 g/mol. The average molecular weight is 447 g/mol. The third-order valence-electron chi connectivity index (χ3n) is 3.06. The molecule has 0 radical (unpaired) electrons. The van der Waals surface area contributed by atoms with Crippen LogP contribution in [0.2, 0.25) is 0 Å². The standard InChI is InChI=1S/C12H17N2O5.2ClH.Pd/c15-6-8-10(16)11(17)9(12(18)19-8)14-5-7-3-1-2-4-13-7;;;/h1-4,8-12,15-18H,5-6H2;2*1H;/q-1;;;+2/p-2/t8-,9-,10-,11-,12+;;;/m1.../s1. The monoisotopic (exact) mass is 445 g/mol. The summed E-state index contributed by atoms with van der Waals surface area (Å²) >= 11 is -0.106. The molecule has 1 aromatic rings. The van der Waals surface area contributed by atoms with E-state index in [1.165, 1.54) is 0 Å². The molecule has 2 rings (SSSR count). The van der Waals surface area contributed by atoms with Crippen LogP contribution >= 0.6 is 19.1 Å². The van der Waals surface area contributed by atoms with E-state index in [0.717, 1.165) is 0 Å². The number of aromatic nitrogens is 1. The predicted molar refractivity (Wildman–Crippen MR) is 76.8 cm³/mol. The average Bonchev–Trinajstić information content (AvgIpc) is 2.52. The van der Waals surface area contributed by atoms with E-state index in [4.69, 9.17) is 28.9 Å². The summed E-state index contributed by atoms with van der Waals surface area (Å²) in [4.78, 5) is 4.06. The van der Waals surface area contributed by atoms with Crippen molar-refractivity contribution in [1.29, 1.82) is 0 Å². The summed E-state index contributed by atoms with van der Waals surface area (Å²) in [6.07, 6.45) is -3.33. The van der Waals surface area contributed by atoms with E-state index >= 15 is 0 Å². The van der Waals surface area contributed by atoms with Crippen molar-refractivity contribution >= 4 is 19.1 Å². The first-order chi connectivity index (χ1) is 10.5. The second-order valence-corrected chi connectivity index (χ2v) is 6.79. The first kappa shape index (κ1) is 20.2. The summed E-state index contributed by atoms with van der Waals surface area (Å²) in [6, 6.07) is 4.37. The molecule has 0 aliphatic carbocycles. The Hall–Kier alpha value is 0.152. The van der Waals surface area contributed by atoms with Crippen LogP contribution in [0.1, 0.15) is 5.69 Å². The molecule has 7 nitrogen and oxygen atoms in total. The van der Waals surface area contributed by atoms with E-state index in [9.17, 15) is 15.3 Å². The number of aliphatic hydroxyl groups is 4. The summed E-state index contributed by atoms with van der Waals surface area (Å²) in [5.41, 5.74) is 0.681. The van der Waals surface area contributed by atoms with Gasteiger partial charge in [-0.3, -0.25) is 4.98 Å². The zero-order valence-corrected chi connectivity index (χ0v) is 14.3. The van der Waals surface area contributed by atoms with Crippen molar-refractivity contribution in [2.24, 2.45) is 0 Å². The molecule has 1 fully saturated rings. The van der Waals surface area contributed by atoms with Gasteiger partial charge in [0.05, 0.1) is 12.7 Å². The van der Waals surface area contributed by atoms with Crippen molar-refractivity contribution in [3.8, 4) is 0 Å². The molecule has 0 bridgehead atoms. The van der Waals surface area contributed by atoms with Gasteiger partial charge in [0.2, 0.25) is 0 Å². The number of hydrogen-bond acceptors (Lipinski definition) is 6. The summed E-state index contributed by atoms with van der Waals surface area (Å²) in [5.74, 6) is 0. The van der Waals surface area contributed by atoms with Crippen LogP contribution in [-0.2, 0) is 27.2 Å². The van der Waals surface area contributed by atoms with Crippen LogP contribution < -0.4 is 0 Å². The zero-order chi connectivity index (χ0) is 16.5. The number of halogens is 2. The molecule has 1 aliphatic heterocycles. The first-order valence-corrected chi connectivity index (χ1v) is 10.2. The van der Waals surface area contributed by atoms with Gasteiger partial charge in [-0.05, 0) is 12.1 Å². The van der Waals surface area contributed by atoms with Gasteiger partial charge in [0, 0.05) is 11.9 Å². The SMILES string of the molecule is OC[C@H]1O[C@H](O)[C@H]([N-]Cc2ccccn2)[C@@H](O)[C@@H]1O.[Cl][Pd][Cl]. The van der Waals surface area contributed by atoms with Crippen LogP contribution in [0.4, 0.5) is 0 Å². The minimum atomic E-state index is -1.36. The Balaban J connectivity index is 0.000000745. The third-order valence-corrected chi connectivity index (χ3v) is 3.06. The molecule has 130 valence electrons. The Bertz CT molecular complexity index is 420. The molecular formula is C12H17Cl2N2O5Pd-. The van der Waals surface area contributed by atoms with Gasteiger partial charge in [0.1, 0.15) is 18.5 Å². The molecule has 5 atom stereocenters. The number of hydrogen-bond donors (Lipinski definition) is 4. The summed E-state index contributed by atoms with van der Waals surface area (Å²) in [7, 11) is 9.63. The van der Waals surface area contributed by atoms with Crippen molar-refractivity contribution < 1.29 is 41.1 Å². The van der Waals surface area contributed by atoms with Crippen LogP contribution in [0.15, 0.2) is 24.4 Å². The van der Waals surface area contributed by atoms with Crippen LogP contribution in [0.25, 0.3) is 5.32 Å². The third kappa shape index (κ3) is 5.98. The van der Waals surface area contributed by atoms with E-state index in [2.05, 4.69) is 10.3 Å². The summed E-state index contributed by atoms with van der Waals surface area (Å²) in [6.45, 7) is -0.290. The number of aliphatic hydroxyl groups excluding tert-OH is 4. The summed E-state index contributed by atoms with van der Waals surface area (Å²) in [5, 5.41) is 42.3. The molecule has 22 heavy (non-hydrogen) atoms. The maximum atomic E-state index is 9.87. The Morgan fingerprint density at radius 3 is 2.45 bits per heavy atom. The Labute approximate surface area is 144 Å². The number of pyridine rings is 1. The van der Waals surface area contributed by atoms with E-state index in [0.29, 0.717) is 5.69 Å². The van der Waals surface area contributed by atoms with Crippen LogP contribution in [0.3, 0.4) is 0 Å². The molecule has 1 aliphatic rings. The molecule has 4 N–H and O–H groups in total. The zero-order valence-electron chi connectivity index (χ0n) is 11.3. The number of nitrogens with zero attached hydrogens (tertiary/aromatic N) is 2. The van der Waals surface area contributed by atoms with Gasteiger partial charge in [0.15, 0.2) is 0 Å². The predicted octanol–water partition coefficient (Wildman–Crippen LogP) is 0.132. The molecule has 0 spiro atoms. The fourth-order valence-electron chi connectivity index (χ4n) is 1.97. The molecule has 0 aromatic carbocycles. The number of ether oxygens (including phenoxy) is 1. The van der Waals surface area contributed by atoms with Gasteiger partial charge >= 0.3 is 35.0 Å². The van der Waals surface area contributed by atoms with Gasteiger partial charge in [-0.15, -0.1) is 6.54 Å². The quantitative estimate of drug-likeness (QED) is 0.489. The van der Waals surface area contributed by atoms with Crippen molar-refractivity contribution in [2.75, 3.05) is 6.61 Å². The molecule has 0 saturated carbocycles. The van der Waals surface area contributed by atoms with Gasteiger partial charge in [-0.2, -0.15) is 0 Å². The number of rotatable bonds is 4. The van der Waals surface area contributed by atoms with Crippen molar-refractivity contribution in [2.45, 2.75) is 37.2 Å². The van der Waals surface area contributed by atoms with Gasteiger partial charge < -0.3 is 30.5 Å². The minimum absolute atomic E-state index is 0.106. The Morgan fingerprint density at radius 1 is 1.23 bits per heavy atom. The van der Waals surface area contributed by atoms with Crippen LogP contribution in [0, 0.1) is 0 Å². The van der Waals surface area contributed by atoms with Crippen molar-refractivity contribution in [3.05, 3.63) is 35.4 Å². The Morgan fingerprint density at radius 2 is 1.91 bits per heavy atom. The van der Waals surface area contributed by atoms with E-state index in [-0.39, 0.29) is 22.5 Å². The van der Waals surface area contributed by atoms with Crippen LogP contribution in [0.5, 0.6) is 0 Å². The normalized spacial score (nSPS) is 31.5. The molecule has 2 heterocycles. The van der Waals surface area contributed by atoms with E-state index < -0.39 is 37.3 Å². The summed E-state index contributed by atoms with van der Waals surface area (Å²) < 4.78 is 5.00. The fourth-order valence-corrected chi connectivity index (χ4v) is 1.97. The molecule has 0 unspecified atom stereocenters. The Kier molecular flexibility index (Phi) is 9.95.